The number of benzene rings is 1. The predicted octanol–water partition coefficient (Wildman–Crippen LogP) is 1.64. The number of rotatable bonds is 4. The predicted molar refractivity (Wildman–Crippen MR) is 83.1 cm³/mol. The topological polar surface area (TPSA) is 63.0 Å². The molecule has 0 unspecified atom stereocenters. The van der Waals surface area contributed by atoms with Crippen molar-refractivity contribution in [2.45, 2.75) is 0 Å². The van der Waals surface area contributed by atoms with Crippen molar-refractivity contribution >= 4 is 11.8 Å². The van der Waals surface area contributed by atoms with Crippen LogP contribution in [-0.4, -0.2) is 54.4 Å². The molecule has 1 aliphatic rings. The molecule has 1 aliphatic heterocycles. The van der Waals surface area contributed by atoms with E-state index in [0.29, 0.717) is 37.5 Å². The molecule has 3 rings (SSSR count). The third-order valence-corrected chi connectivity index (χ3v) is 3.79. The van der Waals surface area contributed by atoms with Crippen LogP contribution in [0, 0.1) is 0 Å². The van der Waals surface area contributed by atoms with Crippen LogP contribution in [0.2, 0.25) is 0 Å². The van der Waals surface area contributed by atoms with Crippen LogP contribution in [0.5, 0.6) is 5.75 Å². The summed E-state index contributed by atoms with van der Waals surface area (Å²) >= 11 is 0. The van der Waals surface area contributed by atoms with E-state index in [4.69, 9.17) is 9.15 Å². The molecule has 0 N–H and O–H groups in total. The minimum atomic E-state index is -0.0655. The van der Waals surface area contributed by atoms with Crippen LogP contribution in [-0.2, 0) is 4.79 Å². The Morgan fingerprint density at radius 3 is 2.35 bits per heavy atom. The molecule has 0 spiro atoms. The van der Waals surface area contributed by atoms with Gasteiger partial charge < -0.3 is 19.0 Å². The number of hydrogen-bond acceptors (Lipinski definition) is 4. The van der Waals surface area contributed by atoms with Gasteiger partial charge in [0, 0.05) is 26.2 Å². The minimum absolute atomic E-state index is 0.0136. The van der Waals surface area contributed by atoms with Crippen molar-refractivity contribution in [1.82, 2.24) is 9.80 Å². The highest BCUT2D eigenvalue weighted by atomic mass is 16.5. The molecular weight excluding hydrogens is 296 g/mol. The van der Waals surface area contributed by atoms with Crippen LogP contribution in [0.25, 0.3) is 0 Å². The molecule has 1 aromatic carbocycles. The fraction of sp³-hybridized carbons (Fsp3) is 0.294. The number of nitrogens with zero attached hydrogens (tertiary/aromatic N) is 2. The van der Waals surface area contributed by atoms with E-state index >= 15 is 0 Å². The lowest BCUT2D eigenvalue weighted by atomic mass is 10.2. The molecule has 0 saturated carbocycles. The van der Waals surface area contributed by atoms with Crippen LogP contribution in [0.1, 0.15) is 10.4 Å². The first-order chi connectivity index (χ1) is 11.2. The summed E-state index contributed by atoms with van der Waals surface area (Å²) in [5, 5.41) is 0. The molecule has 1 fully saturated rings. The first kappa shape index (κ1) is 15.1. The highest BCUT2D eigenvalue weighted by molar-refractivity contribution is 5.94. The van der Waals surface area contributed by atoms with Gasteiger partial charge in [-0.3, -0.25) is 9.59 Å². The fourth-order valence-corrected chi connectivity index (χ4v) is 2.48. The monoisotopic (exact) mass is 314 g/mol. The molecule has 0 aliphatic carbocycles. The fourth-order valence-electron chi connectivity index (χ4n) is 2.48. The Morgan fingerprint density at radius 2 is 1.70 bits per heavy atom. The van der Waals surface area contributed by atoms with Crippen LogP contribution in [0.4, 0.5) is 0 Å². The average Bonchev–Trinajstić information content (AvgIpc) is 3.15. The van der Waals surface area contributed by atoms with E-state index in [1.54, 1.807) is 15.9 Å². The van der Waals surface area contributed by atoms with E-state index < -0.39 is 0 Å². The summed E-state index contributed by atoms with van der Waals surface area (Å²) in [4.78, 5) is 27.8. The van der Waals surface area contributed by atoms with Gasteiger partial charge in [-0.15, -0.1) is 0 Å². The second-order valence-electron chi connectivity index (χ2n) is 5.29. The van der Waals surface area contributed by atoms with Gasteiger partial charge in [0.05, 0.1) is 11.8 Å². The SMILES string of the molecule is O=C(COc1ccccc1)N1CCN(C(=O)c2ccoc2)CC1. The lowest BCUT2D eigenvalue weighted by molar-refractivity contribution is -0.134. The van der Waals surface area contributed by atoms with Gasteiger partial charge in [0.1, 0.15) is 12.0 Å². The Hall–Kier alpha value is -2.76. The number of ether oxygens (including phenoxy) is 1. The summed E-state index contributed by atoms with van der Waals surface area (Å²) < 4.78 is 10.4. The molecule has 1 aromatic heterocycles. The van der Waals surface area contributed by atoms with Crippen molar-refractivity contribution < 1.29 is 18.7 Å². The number of para-hydroxylation sites is 1. The van der Waals surface area contributed by atoms with Crippen molar-refractivity contribution in [2.75, 3.05) is 32.8 Å². The molecule has 2 aromatic rings. The van der Waals surface area contributed by atoms with Crippen LogP contribution in [0.15, 0.2) is 53.3 Å². The van der Waals surface area contributed by atoms with Gasteiger partial charge in [-0.05, 0) is 18.2 Å². The number of carbonyl (C=O) groups excluding carboxylic acids is 2. The van der Waals surface area contributed by atoms with Gasteiger partial charge in [0.2, 0.25) is 0 Å². The van der Waals surface area contributed by atoms with Crippen molar-refractivity contribution in [1.29, 1.82) is 0 Å². The maximum absolute atomic E-state index is 12.2. The van der Waals surface area contributed by atoms with Gasteiger partial charge in [-0.1, -0.05) is 18.2 Å². The van der Waals surface area contributed by atoms with Gasteiger partial charge >= 0.3 is 0 Å². The molecule has 0 atom stereocenters. The number of carbonyl (C=O) groups is 2. The zero-order valence-electron chi connectivity index (χ0n) is 12.7. The first-order valence-electron chi connectivity index (χ1n) is 7.51. The molecule has 6 nitrogen and oxygen atoms in total. The Bertz CT molecular complexity index is 646. The van der Waals surface area contributed by atoms with Crippen LogP contribution < -0.4 is 4.74 Å². The van der Waals surface area contributed by atoms with Crippen molar-refractivity contribution in [3.05, 3.63) is 54.5 Å². The van der Waals surface area contributed by atoms with E-state index in [-0.39, 0.29) is 18.4 Å². The summed E-state index contributed by atoms with van der Waals surface area (Å²) in [6, 6.07) is 10.9. The van der Waals surface area contributed by atoms with Gasteiger partial charge in [-0.2, -0.15) is 0 Å². The first-order valence-corrected chi connectivity index (χ1v) is 7.51. The molecule has 2 heterocycles. The molecule has 0 bridgehead atoms. The maximum atomic E-state index is 12.2. The summed E-state index contributed by atoms with van der Waals surface area (Å²) in [6.45, 7) is 2.07. The Kier molecular flexibility index (Phi) is 4.61. The standard InChI is InChI=1S/C17H18N2O4/c20-16(13-23-15-4-2-1-3-5-15)18-7-9-19(10-8-18)17(21)14-6-11-22-12-14/h1-6,11-12H,7-10,13H2. The maximum Gasteiger partial charge on any atom is 0.260 e. The smallest absolute Gasteiger partial charge is 0.260 e. The highest BCUT2D eigenvalue weighted by Crippen LogP contribution is 2.11. The highest BCUT2D eigenvalue weighted by Gasteiger charge is 2.25. The summed E-state index contributed by atoms with van der Waals surface area (Å²) in [6.07, 6.45) is 2.92. The largest absolute Gasteiger partial charge is 0.484 e. The zero-order chi connectivity index (χ0) is 16.1. The zero-order valence-corrected chi connectivity index (χ0v) is 12.7. The molecule has 120 valence electrons. The van der Waals surface area contributed by atoms with E-state index in [2.05, 4.69) is 0 Å². The third-order valence-electron chi connectivity index (χ3n) is 3.79. The Balaban J connectivity index is 1.47. The molecule has 0 radical (unpaired) electrons. The average molecular weight is 314 g/mol. The lowest BCUT2D eigenvalue weighted by Gasteiger charge is -2.34. The van der Waals surface area contributed by atoms with E-state index in [0.717, 1.165) is 0 Å². The molecule has 1 saturated heterocycles. The quantitative estimate of drug-likeness (QED) is 0.861. The van der Waals surface area contributed by atoms with Gasteiger partial charge in [0.15, 0.2) is 6.61 Å². The van der Waals surface area contributed by atoms with Crippen molar-refractivity contribution in [3.63, 3.8) is 0 Å². The number of furan rings is 1. The second kappa shape index (κ2) is 7.00. The molecule has 2 amide bonds. The lowest BCUT2D eigenvalue weighted by Crippen LogP contribution is -2.51. The van der Waals surface area contributed by atoms with Gasteiger partial charge in [0.25, 0.3) is 11.8 Å². The van der Waals surface area contributed by atoms with E-state index in [1.165, 1.54) is 12.5 Å². The molecular formula is C17H18N2O4. The van der Waals surface area contributed by atoms with Crippen molar-refractivity contribution in [2.24, 2.45) is 0 Å². The third kappa shape index (κ3) is 3.71. The number of amides is 2. The van der Waals surface area contributed by atoms with Crippen molar-refractivity contribution in [3.8, 4) is 5.75 Å². The second-order valence-corrected chi connectivity index (χ2v) is 5.29. The normalized spacial score (nSPS) is 14.6. The van der Waals surface area contributed by atoms with E-state index in [1.807, 2.05) is 30.3 Å². The van der Waals surface area contributed by atoms with Crippen LogP contribution in [0.3, 0.4) is 0 Å². The Labute approximate surface area is 134 Å². The number of piperazine rings is 1. The van der Waals surface area contributed by atoms with Gasteiger partial charge in [-0.25, -0.2) is 0 Å². The van der Waals surface area contributed by atoms with Crippen LogP contribution >= 0.6 is 0 Å². The summed E-state index contributed by atoms with van der Waals surface area (Å²) in [5.41, 5.74) is 0.539. The molecule has 23 heavy (non-hydrogen) atoms. The minimum Gasteiger partial charge on any atom is -0.484 e. The van der Waals surface area contributed by atoms with E-state index in [9.17, 15) is 9.59 Å². The Morgan fingerprint density at radius 1 is 1.00 bits per heavy atom. The number of hydrogen-bond donors (Lipinski definition) is 0. The summed E-state index contributed by atoms with van der Waals surface area (Å²) in [7, 11) is 0. The summed E-state index contributed by atoms with van der Waals surface area (Å²) in [5.74, 6) is 0.547. The molecule has 6 heteroatoms.